The quantitative estimate of drug-likeness (QED) is 0.391. The van der Waals surface area contributed by atoms with Crippen molar-refractivity contribution in [3.8, 4) is 17.0 Å². The normalized spacial score (nSPS) is 15.3. The maximum atomic E-state index is 13.2. The molecule has 1 atom stereocenters. The lowest BCUT2D eigenvalue weighted by Crippen LogP contribution is -2.45. The van der Waals surface area contributed by atoms with Gasteiger partial charge in [-0.15, -0.1) is 0 Å². The first-order valence-electron chi connectivity index (χ1n) is 12.4. The number of piperidine rings is 1. The Bertz CT molecular complexity index is 1310. The van der Waals surface area contributed by atoms with Crippen LogP contribution in [0.1, 0.15) is 31.0 Å². The van der Waals surface area contributed by atoms with E-state index in [0.717, 1.165) is 60.2 Å². The molecule has 0 radical (unpaired) electrons. The predicted molar refractivity (Wildman–Crippen MR) is 138 cm³/mol. The first kappa shape index (κ1) is 23.1. The smallest absolute Gasteiger partial charge is 0.263 e. The number of aryl methyl sites for hydroxylation is 2. The van der Waals surface area contributed by atoms with Crippen LogP contribution in [0.3, 0.4) is 0 Å². The van der Waals surface area contributed by atoms with E-state index < -0.39 is 6.10 Å². The molecule has 1 saturated heterocycles. The number of pyridine rings is 1. The summed E-state index contributed by atoms with van der Waals surface area (Å²) in [6.07, 6.45) is 2.50. The van der Waals surface area contributed by atoms with Crippen LogP contribution in [-0.4, -0.2) is 44.8 Å². The second kappa shape index (κ2) is 9.90. The number of likely N-dealkylation sites (tertiary alicyclic amines) is 1. The molecule has 2 aromatic carbocycles. The van der Waals surface area contributed by atoms with Crippen molar-refractivity contribution < 1.29 is 9.53 Å². The monoisotopic (exact) mass is 468 g/mol. The molecule has 180 valence electrons. The van der Waals surface area contributed by atoms with Crippen LogP contribution in [0.15, 0.2) is 66.7 Å². The minimum absolute atomic E-state index is 0.0208. The molecule has 1 amide bonds. The number of amides is 1. The molecule has 0 aliphatic carbocycles. The average molecular weight is 469 g/mol. The number of hydrogen-bond donors (Lipinski definition) is 0. The summed E-state index contributed by atoms with van der Waals surface area (Å²) in [4.78, 5) is 19.9. The molecule has 4 aromatic rings. The third kappa shape index (κ3) is 4.92. The molecule has 35 heavy (non-hydrogen) atoms. The van der Waals surface area contributed by atoms with E-state index in [1.807, 2.05) is 50.1 Å². The zero-order chi connectivity index (χ0) is 24.4. The molecular formula is C29H32N4O2. The summed E-state index contributed by atoms with van der Waals surface area (Å²) in [5, 5.41) is 5.57. The molecule has 2 aromatic heterocycles. The Labute approximate surface area is 206 Å². The predicted octanol–water partition coefficient (Wildman–Crippen LogP) is 5.19. The Kier molecular flexibility index (Phi) is 6.53. The van der Waals surface area contributed by atoms with Crippen molar-refractivity contribution in [1.82, 2.24) is 19.7 Å². The van der Waals surface area contributed by atoms with Crippen molar-refractivity contribution in [3.05, 3.63) is 78.0 Å². The van der Waals surface area contributed by atoms with E-state index in [0.29, 0.717) is 11.8 Å². The summed E-state index contributed by atoms with van der Waals surface area (Å²) in [6.45, 7) is 5.35. The minimum Gasteiger partial charge on any atom is -0.464 e. The summed E-state index contributed by atoms with van der Waals surface area (Å²) in [6, 6.07) is 22.7. The van der Waals surface area contributed by atoms with Crippen LogP contribution in [0.25, 0.3) is 22.2 Å². The minimum atomic E-state index is -0.608. The Morgan fingerprint density at radius 2 is 1.71 bits per heavy atom. The van der Waals surface area contributed by atoms with Crippen LogP contribution in [0.5, 0.6) is 5.88 Å². The maximum Gasteiger partial charge on any atom is 0.263 e. The van der Waals surface area contributed by atoms with Gasteiger partial charge in [0.25, 0.3) is 5.91 Å². The first-order valence-corrected chi connectivity index (χ1v) is 12.4. The molecule has 1 unspecified atom stereocenters. The van der Waals surface area contributed by atoms with E-state index in [-0.39, 0.29) is 5.91 Å². The van der Waals surface area contributed by atoms with E-state index in [9.17, 15) is 4.79 Å². The molecule has 6 heteroatoms. The fourth-order valence-corrected chi connectivity index (χ4v) is 5.12. The molecule has 0 N–H and O–H groups in total. The molecular weight excluding hydrogens is 436 g/mol. The largest absolute Gasteiger partial charge is 0.464 e. The van der Waals surface area contributed by atoms with Crippen molar-refractivity contribution in [1.29, 1.82) is 0 Å². The van der Waals surface area contributed by atoms with Gasteiger partial charge in [-0.05, 0) is 55.7 Å². The molecule has 3 heterocycles. The van der Waals surface area contributed by atoms with Gasteiger partial charge in [-0.2, -0.15) is 10.1 Å². The molecule has 5 rings (SSSR count). The van der Waals surface area contributed by atoms with Crippen LogP contribution in [0, 0.1) is 12.8 Å². The zero-order valence-corrected chi connectivity index (χ0v) is 20.6. The molecule has 0 saturated carbocycles. The third-order valence-corrected chi connectivity index (χ3v) is 6.97. The summed E-state index contributed by atoms with van der Waals surface area (Å²) in [5.41, 5.74) is 5.12. The van der Waals surface area contributed by atoms with E-state index in [2.05, 4.69) is 47.6 Å². The van der Waals surface area contributed by atoms with Gasteiger partial charge in [-0.25, -0.2) is 0 Å². The fraction of sp³-hybridized carbons (Fsp3) is 0.345. The molecule has 1 fully saturated rings. The van der Waals surface area contributed by atoms with Gasteiger partial charge in [0.15, 0.2) is 11.8 Å². The standard InChI is InChI=1S/C29H32N4O2/c1-20-27-25(24-12-8-5-9-13-24)19-26(30-28(27)32(3)31-20)35-21(2)29(34)33-16-14-23(15-17-33)18-22-10-6-4-7-11-22/h4-13,19,21,23H,14-18H2,1-3H3. The number of fused-ring (bicyclic) bond motifs is 1. The average Bonchev–Trinajstić information content (AvgIpc) is 3.17. The summed E-state index contributed by atoms with van der Waals surface area (Å²) in [7, 11) is 1.88. The lowest BCUT2D eigenvalue weighted by atomic mass is 9.90. The van der Waals surface area contributed by atoms with Gasteiger partial charge in [0, 0.05) is 26.2 Å². The van der Waals surface area contributed by atoms with Gasteiger partial charge in [0.05, 0.1) is 11.1 Å². The van der Waals surface area contributed by atoms with Crippen molar-refractivity contribution in [2.24, 2.45) is 13.0 Å². The highest BCUT2D eigenvalue weighted by molar-refractivity contribution is 5.95. The van der Waals surface area contributed by atoms with Crippen LogP contribution < -0.4 is 4.74 Å². The lowest BCUT2D eigenvalue weighted by molar-refractivity contribution is -0.139. The van der Waals surface area contributed by atoms with Crippen molar-refractivity contribution >= 4 is 16.9 Å². The number of rotatable bonds is 6. The topological polar surface area (TPSA) is 60.2 Å². The van der Waals surface area contributed by atoms with Gasteiger partial charge in [-0.1, -0.05) is 60.7 Å². The Hall–Kier alpha value is -3.67. The summed E-state index contributed by atoms with van der Waals surface area (Å²) >= 11 is 0. The van der Waals surface area contributed by atoms with Gasteiger partial charge in [-0.3, -0.25) is 9.48 Å². The number of carbonyl (C=O) groups is 1. The van der Waals surface area contributed by atoms with Crippen LogP contribution in [0.2, 0.25) is 0 Å². The highest BCUT2D eigenvalue weighted by Gasteiger charge is 2.28. The first-order chi connectivity index (χ1) is 17.0. The van der Waals surface area contributed by atoms with Gasteiger partial charge >= 0.3 is 0 Å². The highest BCUT2D eigenvalue weighted by Crippen LogP contribution is 2.33. The van der Waals surface area contributed by atoms with Crippen molar-refractivity contribution in [2.75, 3.05) is 13.1 Å². The SMILES string of the molecule is Cc1nn(C)c2nc(OC(C)C(=O)N3CCC(Cc4ccccc4)CC3)cc(-c3ccccc3)c12. The van der Waals surface area contributed by atoms with E-state index in [4.69, 9.17) is 9.72 Å². The van der Waals surface area contributed by atoms with Crippen LogP contribution in [-0.2, 0) is 18.3 Å². The van der Waals surface area contributed by atoms with E-state index in [1.54, 1.807) is 4.68 Å². The second-order valence-corrected chi connectivity index (χ2v) is 9.50. The molecule has 1 aliphatic rings. The van der Waals surface area contributed by atoms with Crippen LogP contribution in [0.4, 0.5) is 0 Å². The number of nitrogens with zero attached hydrogens (tertiary/aromatic N) is 4. The third-order valence-electron chi connectivity index (χ3n) is 6.97. The number of benzene rings is 2. The summed E-state index contributed by atoms with van der Waals surface area (Å²) in [5.74, 6) is 1.08. The van der Waals surface area contributed by atoms with Crippen LogP contribution >= 0.6 is 0 Å². The van der Waals surface area contributed by atoms with E-state index in [1.165, 1.54) is 5.56 Å². The zero-order valence-electron chi connectivity index (χ0n) is 20.6. The van der Waals surface area contributed by atoms with Gasteiger partial charge < -0.3 is 9.64 Å². The second-order valence-electron chi connectivity index (χ2n) is 9.50. The molecule has 6 nitrogen and oxygen atoms in total. The van der Waals surface area contributed by atoms with Gasteiger partial charge in [0.2, 0.25) is 5.88 Å². The Morgan fingerprint density at radius 1 is 1.06 bits per heavy atom. The lowest BCUT2D eigenvalue weighted by Gasteiger charge is -2.33. The molecule has 0 spiro atoms. The van der Waals surface area contributed by atoms with Crippen molar-refractivity contribution in [3.63, 3.8) is 0 Å². The fourth-order valence-electron chi connectivity index (χ4n) is 5.12. The Balaban J connectivity index is 1.29. The number of carbonyl (C=O) groups excluding carboxylic acids is 1. The molecule has 1 aliphatic heterocycles. The van der Waals surface area contributed by atoms with E-state index >= 15 is 0 Å². The Morgan fingerprint density at radius 3 is 2.40 bits per heavy atom. The maximum absolute atomic E-state index is 13.2. The van der Waals surface area contributed by atoms with Crippen molar-refractivity contribution in [2.45, 2.75) is 39.2 Å². The number of ether oxygens (including phenoxy) is 1. The highest BCUT2D eigenvalue weighted by atomic mass is 16.5. The molecule has 0 bridgehead atoms. The number of aromatic nitrogens is 3. The summed E-state index contributed by atoms with van der Waals surface area (Å²) < 4.78 is 7.91. The number of hydrogen-bond acceptors (Lipinski definition) is 4. The van der Waals surface area contributed by atoms with Gasteiger partial charge in [0.1, 0.15) is 0 Å².